The third kappa shape index (κ3) is 4.07. The summed E-state index contributed by atoms with van der Waals surface area (Å²) in [5.74, 6) is -0.755. The number of nitrogens with one attached hydrogen (secondary N) is 1. The van der Waals surface area contributed by atoms with Crippen LogP contribution in [0, 0.1) is 12.8 Å². The van der Waals surface area contributed by atoms with E-state index in [9.17, 15) is 4.79 Å². The number of carboxylic acid groups (broad SMARTS) is 1. The van der Waals surface area contributed by atoms with Gasteiger partial charge in [0.1, 0.15) is 6.04 Å². The fourth-order valence-corrected chi connectivity index (χ4v) is 2.92. The van der Waals surface area contributed by atoms with Crippen LogP contribution in [0.5, 0.6) is 0 Å². The molecule has 18 heavy (non-hydrogen) atoms. The number of benzene rings is 1. The summed E-state index contributed by atoms with van der Waals surface area (Å²) in [6.45, 7) is 6.34. The van der Waals surface area contributed by atoms with Gasteiger partial charge in [0.25, 0.3) is 0 Å². The van der Waals surface area contributed by atoms with Crippen molar-refractivity contribution in [2.24, 2.45) is 5.92 Å². The summed E-state index contributed by atoms with van der Waals surface area (Å²) >= 11 is 6.98. The highest BCUT2D eigenvalue weighted by Crippen LogP contribution is 2.26. The quantitative estimate of drug-likeness (QED) is 0.820. The Labute approximate surface area is 124 Å². The van der Waals surface area contributed by atoms with Crippen LogP contribution in [0.15, 0.2) is 21.1 Å². The van der Waals surface area contributed by atoms with Crippen molar-refractivity contribution in [2.45, 2.75) is 33.4 Å². The summed E-state index contributed by atoms with van der Waals surface area (Å²) in [6.07, 6.45) is 0. The highest BCUT2D eigenvalue weighted by molar-refractivity contribution is 9.11. The zero-order chi connectivity index (χ0) is 13.9. The fraction of sp³-hybridized carbons (Fsp3) is 0.462. The van der Waals surface area contributed by atoms with E-state index in [4.69, 9.17) is 5.11 Å². The zero-order valence-electron chi connectivity index (χ0n) is 10.6. The topological polar surface area (TPSA) is 49.3 Å². The third-order valence-corrected chi connectivity index (χ3v) is 4.45. The number of hydrogen-bond donors (Lipinski definition) is 2. The van der Waals surface area contributed by atoms with Gasteiger partial charge < -0.3 is 10.4 Å². The molecule has 2 N–H and O–H groups in total. The van der Waals surface area contributed by atoms with Crippen molar-refractivity contribution in [3.63, 3.8) is 0 Å². The average Bonchev–Trinajstić information content (AvgIpc) is 2.24. The van der Waals surface area contributed by atoms with Crippen LogP contribution in [-0.4, -0.2) is 17.1 Å². The van der Waals surface area contributed by atoms with Gasteiger partial charge in [0, 0.05) is 15.5 Å². The lowest BCUT2D eigenvalue weighted by molar-refractivity contribution is -0.140. The van der Waals surface area contributed by atoms with Gasteiger partial charge >= 0.3 is 5.97 Å². The van der Waals surface area contributed by atoms with Crippen molar-refractivity contribution in [3.8, 4) is 0 Å². The Morgan fingerprint density at radius 3 is 2.22 bits per heavy atom. The molecule has 0 bridgehead atoms. The molecule has 1 aromatic carbocycles. The maximum absolute atomic E-state index is 11.1. The van der Waals surface area contributed by atoms with Crippen LogP contribution in [0.4, 0.5) is 0 Å². The molecule has 0 aliphatic heterocycles. The van der Waals surface area contributed by atoms with Gasteiger partial charge in [0.05, 0.1) is 0 Å². The molecule has 3 nitrogen and oxygen atoms in total. The Morgan fingerprint density at radius 2 is 1.83 bits per heavy atom. The molecule has 5 heteroatoms. The number of rotatable bonds is 5. The highest BCUT2D eigenvalue weighted by Gasteiger charge is 2.20. The summed E-state index contributed by atoms with van der Waals surface area (Å²) < 4.78 is 2.04. The van der Waals surface area contributed by atoms with E-state index < -0.39 is 12.0 Å². The second kappa shape index (κ2) is 6.68. The van der Waals surface area contributed by atoms with Gasteiger partial charge in [0.15, 0.2) is 0 Å². The summed E-state index contributed by atoms with van der Waals surface area (Å²) in [6, 6.07) is 3.49. The van der Waals surface area contributed by atoms with Crippen LogP contribution in [0.3, 0.4) is 0 Å². The Hall–Kier alpha value is -0.390. The van der Waals surface area contributed by atoms with Gasteiger partial charge in [-0.2, -0.15) is 0 Å². The Bertz CT molecular complexity index is 424. The first-order chi connectivity index (χ1) is 8.32. The summed E-state index contributed by atoms with van der Waals surface area (Å²) in [5.41, 5.74) is 2.18. The van der Waals surface area contributed by atoms with E-state index in [0.717, 1.165) is 20.1 Å². The number of halogens is 2. The van der Waals surface area contributed by atoms with E-state index in [1.54, 1.807) is 0 Å². The Kier molecular flexibility index (Phi) is 5.82. The molecular formula is C13H17Br2NO2. The van der Waals surface area contributed by atoms with Crippen LogP contribution in [0.2, 0.25) is 0 Å². The molecule has 0 spiro atoms. The predicted molar refractivity (Wildman–Crippen MR) is 79.7 cm³/mol. The second-order valence-corrected chi connectivity index (χ2v) is 6.33. The van der Waals surface area contributed by atoms with Crippen molar-refractivity contribution in [2.75, 3.05) is 0 Å². The Morgan fingerprint density at radius 1 is 1.33 bits per heavy atom. The minimum Gasteiger partial charge on any atom is -0.480 e. The van der Waals surface area contributed by atoms with Gasteiger partial charge in [-0.15, -0.1) is 0 Å². The monoisotopic (exact) mass is 377 g/mol. The van der Waals surface area contributed by atoms with E-state index >= 15 is 0 Å². The van der Waals surface area contributed by atoms with E-state index in [0.29, 0.717) is 6.54 Å². The standard InChI is InChI=1S/C13H17Br2NO2/c1-7(2)12(13(17)18)16-6-9-4-10(14)8(3)11(15)5-9/h4-5,7,12,16H,6H2,1-3H3,(H,17,18)/t12-/m0/s1. The van der Waals surface area contributed by atoms with Crippen molar-refractivity contribution in [3.05, 3.63) is 32.2 Å². The van der Waals surface area contributed by atoms with E-state index in [2.05, 4.69) is 37.2 Å². The lowest BCUT2D eigenvalue weighted by Gasteiger charge is -2.18. The number of carbonyl (C=O) groups is 1. The molecule has 1 rings (SSSR count). The molecule has 0 aliphatic rings. The van der Waals surface area contributed by atoms with Crippen molar-refractivity contribution in [1.29, 1.82) is 0 Å². The average molecular weight is 379 g/mol. The van der Waals surface area contributed by atoms with Gasteiger partial charge in [-0.3, -0.25) is 4.79 Å². The first kappa shape index (κ1) is 15.7. The molecule has 0 saturated carbocycles. The molecule has 0 aromatic heterocycles. The van der Waals surface area contributed by atoms with Crippen LogP contribution in [0.1, 0.15) is 25.0 Å². The largest absolute Gasteiger partial charge is 0.480 e. The first-order valence-corrected chi connectivity index (χ1v) is 7.32. The van der Waals surface area contributed by atoms with Crippen molar-refractivity contribution >= 4 is 37.8 Å². The van der Waals surface area contributed by atoms with Crippen molar-refractivity contribution < 1.29 is 9.90 Å². The normalized spacial score (nSPS) is 12.8. The van der Waals surface area contributed by atoms with Gasteiger partial charge in [0.2, 0.25) is 0 Å². The summed E-state index contributed by atoms with van der Waals surface area (Å²) in [7, 11) is 0. The molecule has 0 amide bonds. The minimum absolute atomic E-state index is 0.0554. The van der Waals surface area contributed by atoms with Gasteiger partial charge in [-0.25, -0.2) is 0 Å². The number of aliphatic carboxylic acids is 1. The third-order valence-electron chi connectivity index (χ3n) is 2.80. The van der Waals surface area contributed by atoms with Gasteiger partial charge in [-0.05, 0) is 36.1 Å². The zero-order valence-corrected chi connectivity index (χ0v) is 13.8. The molecule has 0 saturated heterocycles. The molecular weight excluding hydrogens is 362 g/mol. The SMILES string of the molecule is Cc1c(Br)cc(CN[C@H](C(=O)O)C(C)C)cc1Br. The van der Waals surface area contributed by atoms with E-state index in [1.807, 2.05) is 32.9 Å². The summed E-state index contributed by atoms with van der Waals surface area (Å²) in [4.78, 5) is 11.1. The smallest absolute Gasteiger partial charge is 0.320 e. The lowest BCUT2D eigenvalue weighted by Crippen LogP contribution is -2.40. The van der Waals surface area contributed by atoms with Crippen LogP contribution >= 0.6 is 31.9 Å². The highest BCUT2D eigenvalue weighted by atomic mass is 79.9. The lowest BCUT2D eigenvalue weighted by atomic mass is 10.0. The molecule has 1 aromatic rings. The van der Waals surface area contributed by atoms with Crippen LogP contribution in [-0.2, 0) is 11.3 Å². The molecule has 0 unspecified atom stereocenters. The fourth-order valence-electron chi connectivity index (χ4n) is 1.64. The van der Waals surface area contributed by atoms with Crippen LogP contribution < -0.4 is 5.32 Å². The number of carboxylic acids is 1. The maximum Gasteiger partial charge on any atom is 0.320 e. The molecule has 0 radical (unpaired) electrons. The van der Waals surface area contributed by atoms with Crippen LogP contribution in [0.25, 0.3) is 0 Å². The molecule has 100 valence electrons. The van der Waals surface area contributed by atoms with Crippen molar-refractivity contribution in [1.82, 2.24) is 5.32 Å². The first-order valence-electron chi connectivity index (χ1n) is 5.73. The number of hydrogen-bond acceptors (Lipinski definition) is 2. The van der Waals surface area contributed by atoms with E-state index in [1.165, 1.54) is 0 Å². The Balaban J connectivity index is 2.77. The minimum atomic E-state index is -0.810. The second-order valence-electron chi connectivity index (χ2n) is 4.63. The van der Waals surface area contributed by atoms with E-state index in [-0.39, 0.29) is 5.92 Å². The molecule has 0 aliphatic carbocycles. The molecule has 1 atom stereocenters. The predicted octanol–water partition coefficient (Wildman–Crippen LogP) is 3.72. The molecule has 0 heterocycles. The maximum atomic E-state index is 11.1. The van der Waals surface area contributed by atoms with Gasteiger partial charge in [-0.1, -0.05) is 45.7 Å². The molecule has 0 fully saturated rings. The summed E-state index contributed by atoms with van der Waals surface area (Å²) in [5, 5.41) is 12.2.